The quantitative estimate of drug-likeness (QED) is 0.375. The number of amides is 3. The first-order valence-corrected chi connectivity index (χ1v) is 15.5. The van der Waals surface area contributed by atoms with Gasteiger partial charge in [-0.1, -0.05) is 44.5 Å². The first-order chi connectivity index (χ1) is 19.5. The van der Waals surface area contributed by atoms with Crippen molar-refractivity contribution in [1.29, 1.82) is 0 Å². The van der Waals surface area contributed by atoms with Crippen molar-refractivity contribution in [2.75, 3.05) is 23.8 Å². The SMILES string of the molecule is CCOc1ccc(NC(=O)[C@@H]2[C@@H]3CC(C)C4(S3)C(C(=O)Nc3c(C)cccc3Cl)N([C@@H](CO)C(C)C)C(=O)[C@H]24)cc1. The first kappa shape index (κ1) is 29.7. The molecule has 2 bridgehead atoms. The number of para-hydroxylation sites is 1. The Morgan fingerprint density at radius 1 is 1.17 bits per heavy atom. The Balaban J connectivity index is 1.52. The number of benzene rings is 2. The molecule has 3 aliphatic heterocycles. The van der Waals surface area contributed by atoms with Gasteiger partial charge >= 0.3 is 0 Å². The number of nitrogens with zero attached hydrogens (tertiary/aromatic N) is 1. The Morgan fingerprint density at radius 2 is 1.88 bits per heavy atom. The van der Waals surface area contributed by atoms with Crippen molar-refractivity contribution in [3.05, 3.63) is 53.1 Å². The van der Waals surface area contributed by atoms with Crippen molar-refractivity contribution in [3.63, 3.8) is 0 Å². The molecular weight excluding hydrogens is 562 g/mol. The highest BCUT2D eigenvalue weighted by Gasteiger charge is 2.76. The Labute approximate surface area is 250 Å². The molecule has 0 saturated carbocycles. The summed E-state index contributed by atoms with van der Waals surface area (Å²) in [6.45, 7) is 9.96. The van der Waals surface area contributed by atoms with Gasteiger partial charge in [-0.25, -0.2) is 0 Å². The maximum Gasteiger partial charge on any atom is 0.248 e. The maximum absolute atomic E-state index is 14.4. The minimum atomic E-state index is -0.872. The molecule has 5 rings (SSSR count). The van der Waals surface area contributed by atoms with Crippen LogP contribution in [0.15, 0.2) is 42.5 Å². The number of halogens is 1. The Kier molecular flexibility index (Phi) is 8.34. The molecule has 1 spiro atoms. The molecule has 10 heteroatoms. The lowest BCUT2D eigenvalue weighted by atomic mass is 9.65. The summed E-state index contributed by atoms with van der Waals surface area (Å²) < 4.78 is 4.70. The van der Waals surface area contributed by atoms with Crippen molar-refractivity contribution in [1.82, 2.24) is 4.90 Å². The van der Waals surface area contributed by atoms with Gasteiger partial charge in [0, 0.05) is 10.9 Å². The van der Waals surface area contributed by atoms with Gasteiger partial charge in [-0.05, 0) is 68.0 Å². The average molecular weight is 600 g/mol. The number of nitrogens with one attached hydrogen (secondary N) is 2. The van der Waals surface area contributed by atoms with E-state index in [0.29, 0.717) is 35.2 Å². The highest BCUT2D eigenvalue weighted by atomic mass is 35.5. The molecular formula is C31H38ClN3O5S. The van der Waals surface area contributed by atoms with Gasteiger partial charge in [-0.15, -0.1) is 11.8 Å². The van der Waals surface area contributed by atoms with Crippen LogP contribution in [0.1, 0.15) is 39.7 Å². The van der Waals surface area contributed by atoms with E-state index in [1.165, 1.54) is 0 Å². The summed E-state index contributed by atoms with van der Waals surface area (Å²) in [7, 11) is 0. The van der Waals surface area contributed by atoms with Crippen LogP contribution in [0.5, 0.6) is 5.75 Å². The van der Waals surface area contributed by atoms with E-state index in [0.717, 1.165) is 5.56 Å². The molecule has 0 aliphatic carbocycles. The molecule has 3 aliphatic rings. The van der Waals surface area contributed by atoms with E-state index >= 15 is 0 Å². The topological polar surface area (TPSA) is 108 Å². The molecule has 3 N–H and O–H groups in total. The molecule has 3 amide bonds. The molecule has 3 heterocycles. The van der Waals surface area contributed by atoms with Crippen LogP contribution < -0.4 is 15.4 Å². The van der Waals surface area contributed by atoms with Gasteiger partial charge in [-0.2, -0.15) is 0 Å². The number of fused-ring (bicyclic) bond motifs is 1. The predicted molar refractivity (Wildman–Crippen MR) is 162 cm³/mol. The van der Waals surface area contributed by atoms with Crippen molar-refractivity contribution in [2.24, 2.45) is 23.7 Å². The van der Waals surface area contributed by atoms with Gasteiger partial charge in [0.2, 0.25) is 17.7 Å². The third kappa shape index (κ3) is 4.89. The molecule has 2 aromatic rings. The zero-order chi connectivity index (χ0) is 29.6. The van der Waals surface area contributed by atoms with Gasteiger partial charge in [0.25, 0.3) is 0 Å². The summed E-state index contributed by atoms with van der Waals surface area (Å²) in [5.41, 5.74) is 1.93. The lowest BCUT2D eigenvalue weighted by Gasteiger charge is -2.41. The molecule has 3 unspecified atom stereocenters. The number of carbonyl (C=O) groups is 3. The minimum absolute atomic E-state index is 0.000531. The number of thioether (sulfide) groups is 1. The van der Waals surface area contributed by atoms with Gasteiger partial charge in [0.15, 0.2) is 0 Å². The highest BCUT2D eigenvalue weighted by Crippen LogP contribution is 2.69. The number of carbonyl (C=O) groups excluding carboxylic acids is 3. The fraction of sp³-hybridized carbons (Fsp3) is 0.516. The molecule has 41 heavy (non-hydrogen) atoms. The minimum Gasteiger partial charge on any atom is -0.494 e. The van der Waals surface area contributed by atoms with Crippen LogP contribution in [0.2, 0.25) is 5.02 Å². The number of anilines is 2. The second-order valence-corrected chi connectivity index (χ2v) is 13.6. The second kappa shape index (κ2) is 11.5. The van der Waals surface area contributed by atoms with Crippen LogP contribution in [0, 0.1) is 30.6 Å². The van der Waals surface area contributed by atoms with Crippen molar-refractivity contribution < 1.29 is 24.2 Å². The standard InChI is InChI=1S/C31H38ClN3O5S/c1-6-40-20-12-10-19(11-13-20)33-28(37)24-23-14-18(5)31(41-23)25(24)30(39)35(22(15-36)16(2)3)27(31)29(38)34-26-17(4)8-7-9-21(26)32/h7-13,16,18,22-25,27,36H,6,14-15H2,1-5H3,(H,33,37)(H,34,38)/t18?,22-,23-,24+,25-,27?,31?/m0/s1. The number of ether oxygens (including phenoxy) is 1. The van der Waals surface area contributed by atoms with E-state index in [2.05, 4.69) is 17.6 Å². The molecule has 3 fully saturated rings. The third-order valence-corrected chi connectivity index (χ3v) is 11.3. The molecule has 7 atom stereocenters. The summed E-state index contributed by atoms with van der Waals surface area (Å²) >= 11 is 8.07. The number of aliphatic hydroxyl groups excluding tert-OH is 1. The number of aryl methyl sites for hydroxylation is 1. The third-order valence-electron chi connectivity index (χ3n) is 8.95. The largest absolute Gasteiger partial charge is 0.494 e. The van der Waals surface area contributed by atoms with E-state index in [1.807, 2.05) is 39.8 Å². The highest BCUT2D eigenvalue weighted by molar-refractivity contribution is 8.02. The van der Waals surface area contributed by atoms with Crippen LogP contribution in [0.4, 0.5) is 11.4 Å². The number of aliphatic hydroxyl groups is 1. The van der Waals surface area contributed by atoms with Crippen LogP contribution in [-0.4, -0.2) is 63.0 Å². The summed E-state index contributed by atoms with van der Waals surface area (Å²) in [5, 5.41) is 16.8. The van der Waals surface area contributed by atoms with Gasteiger partial charge < -0.3 is 25.4 Å². The van der Waals surface area contributed by atoms with Crippen molar-refractivity contribution in [3.8, 4) is 5.75 Å². The summed E-state index contributed by atoms with van der Waals surface area (Å²) in [4.78, 5) is 44.1. The molecule has 2 aromatic carbocycles. The van der Waals surface area contributed by atoms with E-state index in [9.17, 15) is 19.5 Å². The smallest absolute Gasteiger partial charge is 0.248 e. The van der Waals surface area contributed by atoms with Gasteiger partial charge in [0.1, 0.15) is 11.8 Å². The Bertz CT molecular complexity index is 1320. The van der Waals surface area contributed by atoms with Crippen molar-refractivity contribution in [2.45, 2.75) is 63.1 Å². The normalized spacial score (nSPS) is 29.0. The van der Waals surface area contributed by atoms with Crippen LogP contribution >= 0.6 is 23.4 Å². The molecule has 8 nitrogen and oxygen atoms in total. The summed E-state index contributed by atoms with van der Waals surface area (Å²) in [6.07, 6.45) is 0.712. The first-order valence-electron chi connectivity index (χ1n) is 14.3. The van der Waals surface area contributed by atoms with Crippen LogP contribution in [0.25, 0.3) is 0 Å². The average Bonchev–Trinajstić information content (AvgIpc) is 3.52. The Hall–Kier alpha value is -2.75. The van der Waals surface area contributed by atoms with Gasteiger partial charge in [-0.3, -0.25) is 14.4 Å². The summed E-state index contributed by atoms with van der Waals surface area (Å²) in [5.74, 6) is -1.52. The summed E-state index contributed by atoms with van der Waals surface area (Å²) in [6, 6.07) is 11.1. The van der Waals surface area contributed by atoms with E-state index in [1.54, 1.807) is 47.0 Å². The number of likely N-dealkylation sites (tertiary alicyclic amines) is 1. The van der Waals surface area contributed by atoms with Crippen molar-refractivity contribution >= 4 is 52.5 Å². The van der Waals surface area contributed by atoms with Crippen LogP contribution in [-0.2, 0) is 14.4 Å². The number of hydrogen-bond donors (Lipinski definition) is 3. The molecule has 220 valence electrons. The molecule has 0 aromatic heterocycles. The Morgan fingerprint density at radius 3 is 2.49 bits per heavy atom. The van der Waals surface area contributed by atoms with E-state index < -0.39 is 28.7 Å². The number of rotatable bonds is 9. The predicted octanol–water partition coefficient (Wildman–Crippen LogP) is 4.98. The zero-order valence-electron chi connectivity index (χ0n) is 24.0. The van der Waals surface area contributed by atoms with E-state index in [-0.39, 0.29) is 41.4 Å². The van der Waals surface area contributed by atoms with E-state index in [4.69, 9.17) is 16.3 Å². The number of hydrogen-bond acceptors (Lipinski definition) is 6. The fourth-order valence-electron chi connectivity index (χ4n) is 7.04. The lowest BCUT2D eigenvalue weighted by molar-refractivity contribution is -0.142. The maximum atomic E-state index is 14.4. The zero-order valence-corrected chi connectivity index (χ0v) is 25.6. The second-order valence-electron chi connectivity index (χ2n) is 11.7. The molecule has 3 saturated heterocycles. The monoisotopic (exact) mass is 599 g/mol. The fourth-order valence-corrected chi connectivity index (χ4v) is 9.72. The van der Waals surface area contributed by atoms with Gasteiger partial charge in [0.05, 0.1) is 46.5 Å². The lowest BCUT2D eigenvalue weighted by Crippen LogP contribution is -2.57. The molecule has 0 radical (unpaired) electrons. The van der Waals surface area contributed by atoms with Crippen LogP contribution in [0.3, 0.4) is 0 Å².